The van der Waals surface area contributed by atoms with Crippen LogP contribution in [0.15, 0.2) is 84.9 Å². The first-order valence-corrected chi connectivity index (χ1v) is 14.1. The molecule has 0 radical (unpaired) electrons. The van der Waals surface area contributed by atoms with Gasteiger partial charge < -0.3 is 18.9 Å². The summed E-state index contributed by atoms with van der Waals surface area (Å²) in [6, 6.07) is 26.2. The van der Waals surface area contributed by atoms with Crippen LogP contribution < -0.4 is 9.47 Å². The summed E-state index contributed by atoms with van der Waals surface area (Å²) in [5.41, 5.74) is 1.70. The molecule has 0 aliphatic carbocycles. The van der Waals surface area contributed by atoms with Crippen LogP contribution in [0, 0.1) is 0 Å². The minimum atomic E-state index is -0.796. The van der Waals surface area contributed by atoms with E-state index in [1.807, 2.05) is 72.8 Å². The zero-order valence-electron chi connectivity index (χ0n) is 22.7. The van der Waals surface area contributed by atoms with Gasteiger partial charge in [0.25, 0.3) is 0 Å². The van der Waals surface area contributed by atoms with Crippen molar-refractivity contribution in [3.8, 4) is 22.6 Å². The molecule has 6 nitrogen and oxygen atoms in total. The number of hydrogen-bond acceptors (Lipinski definition) is 6. The van der Waals surface area contributed by atoms with Gasteiger partial charge >= 0.3 is 12.3 Å². The molecule has 0 aliphatic heterocycles. The lowest BCUT2D eigenvalue weighted by Crippen LogP contribution is -2.11. The van der Waals surface area contributed by atoms with Crippen LogP contribution in [0.2, 0.25) is 10.0 Å². The Bertz CT molecular complexity index is 1890. The molecule has 210 valence electrons. The molecular formula is C34H24Cl2O6. The maximum atomic E-state index is 12.5. The van der Waals surface area contributed by atoms with Crippen molar-refractivity contribution in [3.63, 3.8) is 0 Å². The van der Waals surface area contributed by atoms with E-state index in [0.29, 0.717) is 43.1 Å². The lowest BCUT2D eigenvalue weighted by atomic mass is 9.85. The first-order valence-electron chi connectivity index (χ1n) is 13.4. The second-order valence-corrected chi connectivity index (χ2v) is 10.3. The number of carbonyl (C=O) groups excluding carboxylic acids is 2. The van der Waals surface area contributed by atoms with E-state index in [1.165, 1.54) is 0 Å². The van der Waals surface area contributed by atoms with E-state index >= 15 is 0 Å². The molecule has 0 aromatic heterocycles. The van der Waals surface area contributed by atoms with E-state index in [2.05, 4.69) is 0 Å². The lowest BCUT2D eigenvalue weighted by molar-refractivity contribution is 0.104. The first kappa shape index (κ1) is 27.6. The van der Waals surface area contributed by atoms with Gasteiger partial charge in [-0.25, -0.2) is 9.59 Å². The molecule has 6 aromatic rings. The third-order valence-electron chi connectivity index (χ3n) is 7.02. The van der Waals surface area contributed by atoms with Crippen molar-refractivity contribution in [2.75, 3.05) is 13.2 Å². The van der Waals surface area contributed by atoms with Crippen molar-refractivity contribution in [1.82, 2.24) is 0 Å². The molecule has 6 rings (SSSR count). The fourth-order valence-electron chi connectivity index (χ4n) is 5.44. The third kappa shape index (κ3) is 4.83. The standard InChI is InChI=1S/C34H24Cl2O6/c1-3-39-33(37)41-31-23-11-7-5-9-21(23)29(27-17-19(35)13-15-25(27)31)30-22-10-6-8-12-24(22)32(42-34(38)40-4-2)26-16-14-20(36)18-28(26)30/h5-18H,3-4H2,1-2H3. The zero-order valence-corrected chi connectivity index (χ0v) is 24.2. The van der Waals surface area contributed by atoms with Crippen LogP contribution >= 0.6 is 23.2 Å². The summed E-state index contributed by atoms with van der Waals surface area (Å²) in [5, 5.41) is 6.93. The fraction of sp³-hybridized carbons (Fsp3) is 0.118. The van der Waals surface area contributed by atoms with E-state index in [0.717, 1.165) is 32.7 Å². The fourth-order valence-corrected chi connectivity index (χ4v) is 5.79. The SMILES string of the molecule is CCOC(=O)Oc1c2ccccc2c(-c2c3ccccc3c(OC(=O)OCC)c3ccc(Cl)cc23)c2cc(Cl)ccc12. The highest BCUT2D eigenvalue weighted by Gasteiger charge is 2.24. The number of benzene rings is 6. The summed E-state index contributed by atoms with van der Waals surface area (Å²) < 4.78 is 21.8. The highest BCUT2D eigenvalue weighted by molar-refractivity contribution is 6.34. The monoisotopic (exact) mass is 598 g/mol. The predicted octanol–water partition coefficient (Wildman–Crippen LogP) is 10.3. The summed E-state index contributed by atoms with van der Waals surface area (Å²) in [5.74, 6) is 0.738. The van der Waals surface area contributed by atoms with Crippen molar-refractivity contribution in [2.45, 2.75) is 13.8 Å². The van der Waals surface area contributed by atoms with Crippen LogP contribution in [0.5, 0.6) is 11.5 Å². The molecule has 8 heteroatoms. The van der Waals surface area contributed by atoms with Crippen LogP contribution in [0.4, 0.5) is 9.59 Å². The molecule has 0 aliphatic rings. The number of rotatable bonds is 5. The van der Waals surface area contributed by atoms with E-state index in [9.17, 15) is 9.59 Å². The maximum Gasteiger partial charge on any atom is 0.513 e. The predicted molar refractivity (Wildman–Crippen MR) is 167 cm³/mol. The van der Waals surface area contributed by atoms with Crippen molar-refractivity contribution >= 4 is 78.6 Å². The second-order valence-electron chi connectivity index (χ2n) is 9.45. The number of hydrogen-bond donors (Lipinski definition) is 0. The molecule has 6 aromatic carbocycles. The van der Waals surface area contributed by atoms with Crippen LogP contribution in [-0.2, 0) is 9.47 Å². The molecule has 0 N–H and O–H groups in total. The lowest BCUT2D eigenvalue weighted by Gasteiger charge is -2.21. The normalized spacial score (nSPS) is 11.2. The average Bonchev–Trinajstić information content (AvgIpc) is 2.98. The molecule has 0 unspecified atom stereocenters. The summed E-state index contributed by atoms with van der Waals surface area (Å²) >= 11 is 13.2. The van der Waals surface area contributed by atoms with Gasteiger partial charge in [0.05, 0.1) is 13.2 Å². The van der Waals surface area contributed by atoms with Crippen LogP contribution in [0.1, 0.15) is 13.8 Å². The first-order chi connectivity index (χ1) is 20.4. The average molecular weight is 599 g/mol. The van der Waals surface area contributed by atoms with Gasteiger partial charge in [0, 0.05) is 31.6 Å². The van der Waals surface area contributed by atoms with Gasteiger partial charge in [-0.1, -0.05) is 71.7 Å². The van der Waals surface area contributed by atoms with Crippen LogP contribution in [-0.4, -0.2) is 25.5 Å². The van der Waals surface area contributed by atoms with Gasteiger partial charge in [-0.05, 0) is 82.9 Å². The van der Waals surface area contributed by atoms with Crippen molar-refractivity contribution in [3.05, 3.63) is 95.0 Å². The van der Waals surface area contributed by atoms with Crippen molar-refractivity contribution in [2.24, 2.45) is 0 Å². The summed E-state index contributed by atoms with van der Waals surface area (Å²) in [7, 11) is 0. The van der Waals surface area contributed by atoms with E-state index in [-0.39, 0.29) is 13.2 Å². The topological polar surface area (TPSA) is 71.1 Å². The zero-order chi connectivity index (χ0) is 29.4. The number of carbonyl (C=O) groups is 2. The Labute approximate surface area is 251 Å². The minimum Gasteiger partial charge on any atom is -0.434 e. The molecule has 0 bridgehead atoms. The Morgan fingerprint density at radius 3 is 1.26 bits per heavy atom. The third-order valence-corrected chi connectivity index (χ3v) is 7.49. The van der Waals surface area contributed by atoms with Gasteiger partial charge in [-0.15, -0.1) is 0 Å². The summed E-state index contributed by atoms with van der Waals surface area (Å²) in [6.07, 6.45) is -1.59. The second kappa shape index (κ2) is 11.4. The largest absolute Gasteiger partial charge is 0.513 e. The number of halogens is 2. The van der Waals surface area contributed by atoms with E-state index < -0.39 is 12.3 Å². The number of fused-ring (bicyclic) bond motifs is 4. The van der Waals surface area contributed by atoms with E-state index in [4.69, 9.17) is 42.1 Å². The van der Waals surface area contributed by atoms with Gasteiger partial charge in [0.2, 0.25) is 0 Å². The van der Waals surface area contributed by atoms with Crippen molar-refractivity contribution < 1.29 is 28.5 Å². The van der Waals surface area contributed by atoms with Crippen LogP contribution in [0.25, 0.3) is 54.2 Å². The molecule has 0 atom stereocenters. The molecule has 0 spiro atoms. The molecule has 0 saturated carbocycles. The summed E-state index contributed by atoms with van der Waals surface area (Å²) in [4.78, 5) is 25.1. The molecule has 0 fully saturated rings. The van der Waals surface area contributed by atoms with E-state index in [1.54, 1.807) is 26.0 Å². The Hall–Kier alpha value is -4.52. The highest BCUT2D eigenvalue weighted by atomic mass is 35.5. The Balaban J connectivity index is 1.80. The van der Waals surface area contributed by atoms with Gasteiger partial charge in [0.15, 0.2) is 0 Å². The van der Waals surface area contributed by atoms with Crippen LogP contribution in [0.3, 0.4) is 0 Å². The smallest absolute Gasteiger partial charge is 0.434 e. The number of ether oxygens (including phenoxy) is 4. The Morgan fingerprint density at radius 1 is 0.524 bits per heavy atom. The van der Waals surface area contributed by atoms with Gasteiger partial charge in [0.1, 0.15) is 11.5 Å². The quantitative estimate of drug-likeness (QED) is 0.112. The Kier molecular flexibility index (Phi) is 7.50. The minimum absolute atomic E-state index is 0.178. The summed E-state index contributed by atoms with van der Waals surface area (Å²) in [6.45, 7) is 3.79. The van der Waals surface area contributed by atoms with Gasteiger partial charge in [-0.3, -0.25) is 0 Å². The highest BCUT2D eigenvalue weighted by Crippen LogP contribution is 2.50. The van der Waals surface area contributed by atoms with Gasteiger partial charge in [-0.2, -0.15) is 0 Å². The molecule has 0 heterocycles. The molecule has 42 heavy (non-hydrogen) atoms. The molecule has 0 saturated heterocycles. The molecule has 0 amide bonds. The maximum absolute atomic E-state index is 12.5. The molecular weight excluding hydrogens is 575 g/mol. The Morgan fingerprint density at radius 2 is 0.881 bits per heavy atom. The van der Waals surface area contributed by atoms with Crippen molar-refractivity contribution in [1.29, 1.82) is 0 Å².